The van der Waals surface area contributed by atoms with Gasteiger partial charge >= 0.3 is 0 Å². The molecule has 1 atom stereocenters. The molecule has 0 aromatic heterocycles. The monoisotopic (exact) mass is 843 g/mol. The highest BCUT2D eigenvalue weighted by molar-refractivity contribution is 6.00. The predicted molar refractivity (Wildman–Crippen MR) is 274 cm³/mol. The molecule has 0 saturated heterocycles. The number of nitrogens with zero attached hydrogens (tertiary/aromatic N) is 1. The number of hydrogen-bond acceptors (Lipinski definition) is 2. The van der Waals surface area contributed by atoms with Gasteiger partial charge in [0.2, 0.25) is 0 Å². The summed E-state index contributed by atoms with van der Waals surface area (Å²) in [6.45, 7) is 18.2. The lowest BCUT2D eigenvalue weighted by atomic mass is 9.70. The molecule has 4 aliphatic carbocycles. The van der Waals surface area contributed by atoms with E-state index in [2.05, 4.69) is 229 Å². The minimum Gasteiger partial charge on any atom is -0.462 e. The van der Waals surface area contributed by atoms with Crippen LogP contribution in [0.25, 0.3) is 33.4 Å². The molecule has 6 aromatic rings. The number of benzene rings is 6. The summed E-state index contributed by atoms with van der Waals surface area (Å²) >= 11 is 0. The smallest absolute Gasteiger partial charge is 0.123 e. The second-order valence-corrected chi connectivity index (χ2v) is 18.3. The van der Waals surface area contributed by atoms with Crippen molar-refractivity contribution in [3.8, 4) is 33.4 Å². The van der Waals surface area contributed by atoms with Crippen LogP contribution < -0.4 is 4.90 Å². The van der Waals surface area contributed by atoms with Gasteiger partial charge in [-0.1, -0.05) is 198 Å². The van der Waals surface area contributed by atoms with Crippen LogP contribution in [-0.2, 0) is 15.6 Å². The third kappa shape index (κ3) is 6.78. The number of allylic oxidation sites excluding steroid dienone is 13. The molecule has 0 fully saturated rings. The van der Waals surface area contributed by atoms with Crippen LogP contribution in [0.3, 0.4) is 0 Å². The van der Waals surface area contributed by atoms with Gasteiger partial charge < -0.3 is 9.64 Å². The summed E-state index contributed by atoms with van der Waals surface area (Å²) in [5.74, 6) is 1.98. The molecule has 0 amide bonds. The number of anilines is 2. The van der Waals surface area contributed by atoms with E-state index >= 15 is 0 Å². The first kappa shape index (κ1) is 41.8. The van der Waals surface area contributed by atoms with Crippen LogP contribution >= 0.6 is 0 Å². The van der Waals surface area contributed by atoms with E-state index in [1.54, 1.807) is 0 Å². The maximum atomic E-state index is 6.63. The molecular formula is C63H57NO. The van der Waals surface area contributed by atoms with E-state index in [1.807, 2.05) is 12.2 Å². The van der Waals surface area contributed by atoms with E-state index in [-0.39, 0.29) is 11.3 Å². The van der Waals surface area contributed by atoms with E-state index in [0.29, 0.717) is 0 Å². The molecule has 2 heteroatoms. The lowest BCUT2D eigenvalue weighted by Crippen LogP contribution is -2.26. The molecule has 1 spiro atoms. The highest BCUT2D eigenvalue weighted by Gasteiger charge is 2.52. The van der Waals surface area contributed by atoms with Gasteiger partial charge in [-0.3, -0.25) is 0 Å². The number of fused-ring (bicyclic) bond motifs is 13. The Balaban J connectivity index is 1.15. The molecule has 1 unspecified atom stereocenters. The fourth-order valence-corrected chi connectivity index (χ4v) is 11.0. The van der Waals surface area contributed by atoms with Crippen molar-refractivity contribution in [3.05, 3.63) is 263 Å². The molecule has 10 rings (SSSR count). The summed E-state index contributed by atoms with van der Waals surface area (Å²) in [4.78, 5) is 2.40. The number of unbranched alkanes of at least 4 members (excludes halogenated alkanes) is 1. The van der Waals surface area contributed by atoms with Gasteiger partial charge in [0.25, 0.3) is 0 Å². The first-order chi connectivity index (χ1) is 31.7. The average molecular weight is 844 g/mol. The van der Waals surface area contributed by atoms with Gasteiger partial charge in [-0.15, -0.1) is 0 Å². The van der Waals surface area contributed by atoms with Gasteiger partial charge in [0.05, 0.1) is 11.1 Å². The Bertz CT molecular complexity index is 3070. The van der Waals surface area contributed by atoms with Gasteiger partial charge in [0, 0.05) is 27.9 Å². The van der Waals surface area contributed by atoms with Crippen molar-refractivity contribution < 1.29 is 4.74 Å². The van der Waals surface area contributed by atoms with Gasteiger partial charge in [0.15, 0.2) is 0 Å². The van der Waals surface area contributed by atoms with Gasteiger partial charge in [-0.2, -0.15) is 0 Å². The Morgan fingerprint density at radius 1 is 0.677 bits per heavy atom. The van der Waals surface area contributed by atoms with Crippen LogP contribution in [-0.4, -0.2) is 0 Å². The number of hydrogen-bond donors (Lipinski definition) is 0. The second-order valence-electron chi connectivity index (χ2n) is 18.3. The van der Waals surface area contributed by atoms with Crippen LogP contribution in [0.4, 0.5) is 11.4 Å². The SMILES string of the molecule is C=C(\C=C/C(=C\C)C(/C=C\CCC)=C(\C)OC1=CC(C)C=CC=C1)N(c1ccc2c(c1)C(C)(C)c1ccccc1-2)c1cccc2c1-c1ccccc1C21c2ccccc2-c2ccccc21. The van der Waals surface area contributed by atoms with Gasteiger partial charge in [0.1, 0.15) is 11.5 Å². The van der Waals surface area contributed by atoms with Crippen LogP contribution in [0.2, 0.25) is 0 Å². The fourth-order valence-electron chi connectivity index (χ4n) is 11.0. The molecule has 2 nitrogen and oxygen atoms in total. The molecule has 0 heterocycles. The van der Waals surface area contributed by atoms with E-state index in [1.165, 1.54) is 66.8 Å². The van der Waals surface area contributed by atoms with Gasteiger partial charge in [-0.25, -0.2) is 0 Å². The van der Waals surface area contributed by atoms with Crippen molar-refractivity contribution in [2.45, 2.75) is 65.2 Å². The van der Waals surface area contributed by atoms with Crippen molar-refractivity contribution in [3.63, 3.8) is 0 Å². The largest absolute Gasteiger partial charge is 0.462 e. The highest BCUT2D eigenvalue weighted by atomic mass is 16.5. The van der Waals surface area contributed by atoms with E-state index in [0.717, 1.165) is 52.6 Å². The van der Waals surface area contributed by atoms with E-state index in [4.69, 9.17) is 11.3 Å². The summed E-state index contributed by atoms with van der Waals surface area (Å²) < 4.78 is 6.63. The zero-order valence-electron chi connectivity index (χ0n) is 38.5. The first-order valence-corrected chi connectivity index (χ1v) is 23.3. The summed E-state index contributed by atoms with van der Waals surface area (Å²) in [5.41, 5.74) is 20.2. The third-order valence-corrected chi connectivity index (χ3v) is 14.0. The van der Waals surface area contributed by atoms with Crippen molar-refractivity contribution in [2.75, 3.05) is 4.90 Å². The molecular weight excluding hydrogens is 787 g/mol. The summed E-state index contributed by atoms with van der Waals surface area (Å²) in [5, 5.41) is 0. The van der Waals surface area contributed by atoms with Gasteiger partial charge in [-0.05, 0) is 129 Å². The van der Waals surface area contributed by atoms with Crippen LogP contribution in [0, 0.1) is 5.92 Å². The van der Waals surface area contributed by atoms with E-state index in [9.17, 15) is 0 Å². The second kappa shape index (κ2) is 16.8. The maximum Gasteiger partial charge on any atom is 0.123 e. The average Bonchev–Trinajstić information content (AvgIpc) is 3.80. The molecule has 0 saturated carbocycles. The zero-order valence-corrected chi connectivity index (χ0v) is 38.5. The van der Waals surface area contributed by atoms with Crippen LogP contribution in [0.1, 0.15) is 87.8 Å². The van der Waals surface area contributed by atoms with Crippen molar-refractivity contribution >= 4 is 11.4 Å². The summed E-state index contributed by atoms with van der Waals surface area (Å²) in [6, 6.07) is 50.0. The predicted octanol–water partition coefficient (Wildman–Crippen LogP) is 16.8. The van der Waals surface area contributed by atoms with Crippen molar-refractivity contribution in [2.24, 2.45) is 5.92 Å². The molecule has 6 aromatic carbocycles. The first-order valence-electron chi connectivity index (χ1n) is 23.3. The molecule has 0 bridgehead atoms. The van der Waals surface area contributed by atoms with Crippen LogP contribution in [0.15, 0.2) is 229 Å². The normalized spacial score (nSPS) is 17.2. The molecule has 0 radical (unpaired) electrons. The minimum absolute atomic E-state index is 0.173. The van der Waals surface area contributed by atoms with Crippen LogP contribution in [0.5, 0.6) is 0 Å². The maximum absolute atomic E-state index is 6.63. The minimum atomic E-state index is -0.463. The quantitative estimate of drug-likeness (QED) is 0.0950. The van der Waals surface area contributed by atoms with E-state index < -0.39 is 5.41 Å². The Hall–Kier alpha value is -7.16. The lowest BCUT2D eigenvalue weighted by molar-refractivity contribution is 0.317. The Kier molecular flexibility index (Phi) is 10.8. The third-order valence-electron chi connectivity index (χ3n) is 14.0. The Labute approximate surface area is 386 Å². The van der Waals surface area contributed by atoms with Crippen molar-refractivity contribution in [1.82, 2.24) is 0 Å². The summed E-state index contributed by atoms with van der Waals surface area (Å²) in [6.07, 6.45) is 23.6. The van der Waals surface area contributed by atoms with Crippen molar-refractivity contribution in [1.29, 1.82) is 0 Å². The molecule has 0 aliphatic heterocycles. The lowest BCUT2D eigenvalue weighted by Gasteiger charge is -2.32. The Morgan fingerprint density at radius 2 is 1.28 bits per heavy atom. The summed E-state index contributed by atoms with van der Waals surface area (Å²) in [7, 11) is 0. The molecule has 4 aliphatic rings. The number of ether oxygens (including phenoxy) is 1. The number of rotatable bonds is 11. The highest BCUT2D eigenvalue weighted by Crippen LogP contribution is 2.64. The standard InChI is InChI=1S/C63H57NO/c1-8-10-11-25-48(44(5)65-47-24-13-12-23-42(3)40-47)45(9-2)37-36-43(4)64(46-38-39-52-49-26-14-18-30-54(49)62(6,7)59(52)41-46)60-35-22-34-58-61(60)53-29-17-21-33-57(53)63(58)55-31-19-15-27-50(55)51-28-16-20-32-56(51)63/h9,11-42H,4,8,10H2,1-3,5-7H3/b25-11-,37-36-,45-9+,48-44+. The molecule has 65 heavy (non-hydrogen) atoms. The fraction of sp³-hybridized carbons (Fsp3) is 0.175. The Morgan fingerprint density at radius 3 is 1.95 bits per heavy atom. The zero-order chi connectivity index (χ0) is 44.9. The molecule has 320 valence electrons. The molecule has 0 N–H and O–H groups in total. The topological polar surface area (TPSA) is 12.5 Å².